The lowest BCUT2D eigenvalue weighted by Gasteiger charge is -2.26. The minimum Gasteiger partial charge on any atom is -0.315 e. The molecule has 2 rings (SSSR count). The first-order chi connectivity index (χ1) is 7.22. The lowest BCUT2D eigenvalue weighted by atomic mass is 9.99. The van der Waals surface area contributed by atoms with Crippen LogP contribution in [0.15, 0.2) is 18.2 Å². The predicted molar refractivity (Wildman–Crippen MR) is 57.5 cm³/mol. The van der Waals surface area contributed by atoms with Crippen LogP contribution < -0.4 is 4.90 Å². The third kappa shape index (κ3) is 1.71. The van der Waals surface area contributed by atoms with Crippen molar-refractivity contribution in [3.63, 3.8) is 0 Å². The largest absolute Gasteiger partial charge is 0.315 e. The number of hydrogen-bond donors (Lipinski definition) is 0. The molecule has 0 fully saturated rings. The summed E-state index contributed by atoms with van der Waals surface area (Å²) in [4.78, 5) is 13.2. The third-order valence-electron chi connectivity index (χ3n) is 2.78. The number of benzene rings is 1. The molecule has 15 heavy (non-hydrogen) atoms. The van der Waals surface area contributed by atoms with Gasteiger partial charge in [0.05, 0.1) is 12.5 Å². The topological polar surface area (TPSA) is 44.1 Å². The molecule has 0 atom stereocenters. The maximum Gasteiger partial charge on any atom is 0.227 e. The molecule has 1 aliphatic heterocycles. The minimum absolute atomic E-state index is 0.150. The molecule has 0 N–H and O–H groups in total. The summed E-state index contributed by atoms with van der Waals surface area (Å²) in [5.41, 5.74) is 3.12. The maximum absolute atomic E-state index is 11.5. The number of nitriles is 1. The van der Waals surface area contributed by atoms with E-state index < -0.39 is 0 Å². The molecule has 0 spiro atoms. The quantitative estimate of drug-likeness (QED) is 0.692. The fraction of sp³-hybridized carbons (Fsp3) is 0.333. The summed E-state index contributed by atoms with van der Waals surface area (Å²) >= 11 is 0. The monoisotopic (exact) mass is 200 g/mol. The van der Waals surface area contributed by atoms with Crippen LogP contribution in [-0.4, -0.2) is 13.0 Å². The molecule has 0 radical (unpaired) electrons. The zero-order valence-electron chi connectivity index (χ0n) is 8.66. The highest BCUT2D eigenvalue weighted by molar-refractivity contribution is 5.95. The highest BCUT2D eigenvalue weighted by atomic mass is 16.2. The van der Waals surface area contributed by atoms with E-state index in [-0.39, 0.29) is 5.91 Å². The Labute approximate surface area is 88.9 Å². The molecule has 0 aromatic heterocycles. The summed E-state index contributed by atoms with van der Waals surface area (Å²) in [5, 5.41) is 8.61. The molecule has 1 amide bonds. The van der Waals surface area contributed by atoms with Gasteiger partial charge in [-0.2, -0.15) is 5.26 Å². The molecule has 76 valence electrons. The summed E-state index contributed by atoms with van der Waals surface area (Å²) < 4.78 is 0. The zero-order chi connectivity index (χ0) is 10.8. The SMILES string of the molecule is CN1C(=O)CCc2ccc(CC#N)cc21. The number of rotatable bonds is 1. The molecule has 1 aromatic rings. The van der Waals surface area contributed by atoms with E-state index in [4.69, 9.17) is 5.26 Å². The van der Waals surface area contributed by atoms with Gasteiger partial charge in [0.15, 0.2) is 0 Å². The van der Waals surface area contributed by atoms with Crippen LogP contribution in [0.25, 0.3) is 0 Å². The molecule has 0 saturated carbocycles. The molecule has 0 aliphatic carbocycles. The van der Waals surface area contributed by atoms with Crippen molar-refractivity contribution >= 4 is 11.6 Å². The van der Waals surface area contributed by atoms with Gasteiger partial charge in [0.1, 0.15) is 0 Å². The van der Waals surface area contributed by atoms with Crippen molar-refractivity contribution in [2.24, 2.45) is 0 Å². The van der Waals surface area contributed by atoms with Crippen LogP contribution in [0.1, 0.15) is 17.5 Å². The number of amides is 1. The predicted octanol–water partition coefficient (Wildman–Crippen LogP) is 1.66. The highest BCUT2D eigenvalue weighted by Gasteiger charge is 2.20. The van der Waals surface area contributed by atoms with Crippen molar-refractivity contribution in [3.8, 4) is 6.07 Å². The van der Waals surface area contributed by atoms with Gasteiger partial charge in [-0.05, 0) is 23.6 Å². The van der Waals surface area contributed by atoms with Crippen LogP contribution in [-0.2, 0) is 17.6 Å². The minimum atomic E-state index is 0.150. The standard InChI is InChI=1S/C12H12N2O/c1-14-11-8-9(6-7-13)2-3-10(11)4-5-12(14)15/h2-3,8H,4-6H2,1H3. The molecule has 0 unspecified atom stereocenters. The fourth-order valence-electron chi connectivity index (χ4n) is 1.88. The lowest BCUT2D eigenvalue weighted by Crippen LogP contribution is -2.31. The number of anilines is 1. The first-order valence-corrected chi connectivity index (χ1v) is 4.97. The second-order valence-electron chi connectivity index (χ2n) is 3.75. The van der Waals surface area contributed by atoms with Crippen molar-refractivity contribution in [3.05, 3.63) is 29.3 Å². The van der Waals surface area contributed by atoms with Crippen LogP contribution in [0.5, 0.6) is 0 Å². The molecule has 1 aromatic carbocycles. The first-order valence-electron chi connectivity index (χ1n) is 4.97. The van der Waals surface area contributed by atoms with Crippen molar-refractivity contribution in [1.29, 1.82) is 5.26 Å². The normalized spacial score (nSPS) is 14.7. The van der Waals surface area contributed by atoms with Crippen LogP contribution >= 0.6 is 0 Å². The number of carbonyl (C=O) groups is 1. The van der Waals surface area contributed by atoms with Crippen molar-refractivity contribution in [1.82, 2.24) is 0 Å². The average molecular weight is 200 g/mol. The molecular weight excluding hydrogens is 188 g/mol. The molecule has 3 heteroatoms. The Morgan fingerprint density at radius 2 is 2.27 bits per heavy atom. The van der Waals surface area contributed by atoms with Gasteiger partial charge in [0.25, 0.3) is 0 Å². The number of nitrogens with zero attached hydrogens (tertiary/aromatic N) is 2. The summed E-state index contributed by atoms with van der Waals surface area (Å²) in [6, 6.07) is 8.04. The first kappa shape index (κ1) is 9.72. The molecule has 3 nitrogen and oxygen atoms in total. The van der Waals surface area contributed by atoms with Gasteiger partial charge in [0.2, 0.25) is 5.91 Å². The maximum atomic E-state index is 11.5. The Balaban J connectivity index is 2.42. The van der Waals surface area contributed by atoms with Crippen molar-refractivity contribution in [2.45, 2.75) is 19.3 Å². The van der Waals surface area contributed by atoms with E-state index in [1.54, 1.807) is 11.9 Å². The second-order valence-corrected chi connectivity index (χ2v) is 3.75. The number of fused-ring (bicyclic) bond motifs is 1. The second kappa shape index (κ2) is 3.74. The van der Waals surface area contributed by atoms with Gasteiger partial charge < -0.3 is 4.90 Å². The smallest absolute Gasteiger partial charge is 0.227 e. The Morgan fingerprint density at radius 3 is 3.00 bits per heavy atom. The van der Waals surface area contributed by atoms with Gasteiger partial charge in [-0.25, -0.2) is 0 Å². The molecule has 1 aliphatic rings. The highest BCUT2D eigenvalue weighted by Crippen LogP contribution is 2.27. The Kier molecular flexibility index (Phi) is 2.42. The molecule has 0 bridgehead atoms. The third-order valence-corrected chi connectivity index (χ3v) is 2.78. The van der Waals surface area contributed by atoms with Gasteiger partial charge >= 0.3 is 0 Å². The van der Waals surface area contributed by atoms with Crippen molar-refractivity contribution in [2.75, 3.05) is 11.9 Å². The van der Waals surface area contributed by atoms with Crippen LogP contribution in [0, 0.1) is 11.3 Å². The zero-order valence-corrected chi connectivity index (χ0v) is 8.66. The molecular formula is C12H12N2O. The number of aryl methyl sites for hydroxylation is 1. The summed E-state index contributed by atoms with van der Waals surface area (Å²) in [6.07, 6.45) is 1.79. The van der Waals surface area contributed by atoms with E-state index in [1.165, 1.54) is 5.56 Å². The average Bonchev–Trinajstić information content (AvgIpc) is 2.25. The van der Waals surface area contributed by atoms with E-state index in [0.29, 0.717) is 12.8 Å². The van der Waals surface area contributed by atoms with Crippen LogP contribution in [0.4, 0.5) is 5.69 Å². The van der Waals surface area contributed by atoms with E-state index in [9.17, 15) is 4.79 Å². The van der Waals surface area contributed by atoms with Gasteiger partial charge in [0, 0.05) is 19.2 Å². The summed E-state index contributed by atoms with van der Waals surface area (Å²) in [6.45, 7) is 0. The van der Waals surface area contributed by atoms with E-state index in [1.807, 2.05) is 18.2 Å². The van der Waals surface area contributed by atoms with E-state index >= 15 is 0 Å². The van der Waals surface area contributed by atoms with Gasteiger partial charge in [-0.3, -0.25) is 4.79 Å². The number of carbonyl (C=O) groups excluding carboxylic acids is 1. The van der Waals surface area contributed by atoms with E-state index in [0.717, 1.165) is 17.7 Å². The molecule has 1 heterocycles. The van der Waals surface area contributed by atoms with Gasteiger partial charge in [-0.1, -0.05) is 12.1 Å². The molecule has 0 saturated heterocycles. The summed E-state index contributed by atoms with van der Waals surface area (Å²) in [7, 11) is 1.79. The van der Waals surface area contributed by atoms with Gasteiger partial charge in [-0.15, -0.1) is 0 Å². The van der Waals surface area contributed by atoms with Crippen molar-refractivity contribution < 1.29 is 4.79 Å². The Bertz CT molecular complexity index is 445. The number of hydrogen-bond acceptors (Lipinski definition) is 2. The Morgan fingerprint density at radius 1 is 1.47 bits per heavy atom. The van der Waals surface area contributed by atoms with Crippen LogP contribution in [0.2, 0.25) is 0 Å². The fourth-order valence-corrected chi connectivity index (χ4v) is 1.88. The summed E-state index contributed by atoms with van der Waals surface area (Å²) in [5.74, 6) is 0.150. The Hall–Kier alpha value is -1.82. The lowest BCUT2D eigenvalue weighted by molar-refractivity contribution is -0.118. The van der Waals surface area contributed by atoms with E-state index in [2.05, 4.69) is 6.07 Å². The van der Waals surface area contributed by atoms with Crippen LogP contribution in [0.3, 0.4) is 0 Å².